The molecule has 134 valence electrons. The summed E-state index contributed by atoms with van der Waals surface area (Å²) in [6.07, 6.45) is 3.20. The largest absolute Gasteiger partial charge is 0.486 e. The molecule has 0 saturated heterocycles. The van der Waals surface area contributed by atoms with Gasteiger partial charge in [-0.2, -0.15) is 0 Å². The van der Waals surface area contributed by atoms with E-state index >= 15 is 0 Å². The topological polar surface area (TPSA) is 65.4 Å². The lowest BCUT2D eigenvalue weighted by Gasteiger charge is -2.26. The normalized spacial score (nSPS) is 18.7. The third-order valence-corrected chi connectivity index (χ3v) is 6.10. The first-order valence-corrected chi connectivity index (χ1v) is 9.70. The summed E-state index contributed by atoms with van der Waals surface area (Å²) < 4.78 is 13.5. The molecule has 1 aromatic carbocycles. The van der Waals surface area contributed by atoms with Crippen LogP contribution in [0.4, 0.5) is 0 Å². The first kappa shape index (κ1) is 15.8. The van der Waals surface area contributed by atoms with Gasteiger partial charge < -0.3 is 14.8 Å². The SMILES string of the molecule is O=c1c2c3c(sc2ncn1CC[C@@H]1COc2ccccc2O1)CNCC3. The Labute approximate surface area is 154 Å². The number of hydrogen-bond donors (Lipinski definition) is 1. The number of benzene rings is 1. The van der Waals surface area contributed by atoms with E-state index in [9.17, 15) is 4.79 Å². The molecule has 0 radical (unpaired) electrons. The molecule has 3 aromatic rings. The van der Waals surface area contributed by atoms with Gasteiger partial charge in [0.15, 0.2) is 11.5 Å². The molecular weight excluding hydrogens is 350 g/mol. The molecule has 2 aliphatic heterocycles. The van der Waals surface area contributed by atoms with Crippen LogP contribution < -0.4 is 20.3 Å². The summed E-state index contributed by atoms with van der Waals surface area (Å²) in [6.45, 7) is 2.82. The van der Waals surface area contributed by atoms with Crippen molar-refractivity contribution in [3.8, 4) is 11.5 Å². The fraction of sp³-hybridized carbons (Fsp3) is 0.368. The summed E-state index contributed by atoms with van der Waals surface area (Å²) >= 11 is 1.63. The molecule has 0 fully saturated rings. The average Bonchev–Trinajstić information content (AvgIpc) is 3.06. The Bertz CT molecular complexity index is 1030. The highest BCUT2D eigenvalue weighted by Gasteiger charge is 2.22. The number of aryl methyl sites for hydroxylation is 1. The van der Waals surface area contributed by atoms with Crippen molar-refractivity contribution in [3.05, 3.63) is 51.4 Å². The predicted molar refractivity (Wildman–Crippen MR) is 100 cm³/mol. The van der Waals surface area contributed by atoms with Gasteiger partial charge in [-0.3, -0.25) is 9.36 Å². The number of rotatable bonds is 3. The third kappa shape index (κ3) is 2.68. The molecule has 6 nitrogen and oxygen atoms in total. The van der Waals surface area contributed by atoms with E-state index in [-0.39, 0.29) is 11.7 Å². The van der Waals surface area contributed by atoms with Gasteiger partial charge in [-0.05, 0) is 30.7 Å². The van der Waals surface area contributed by atoms with Crippen molar-refractivity contribution in [1.29, 1.82) is 0 Å². The standard InChI is InChI=1S/C19H19N3O3S/c23-19-17-13-5-7-20-9-16(13)26-18(17)21-11-22(19)8-6-12-10-24-14-3-1-2-4-15(14)25-12/h1-4,11-12,20H,5-10H2/t12-/m1/s1. The maximum Gasteiger partial charge on any atom is 0.262 e. The first-order chi connectivity index (χ1) is 12.8. The number of fused-ring (bicyclic) bond motifs is 4. The quantitative estimate of drug-likeness (QED) is 0.768. The second kappa shape index (κ2) is 6.41. The molecule has 4 heterocycles. The van der Waals surface area contributed by atoms with Crippen LogP contribution in [-0.4, -0.2) is 28.8 Å². The van der Waals surface area contributed by atoms with Crippen molar-refractivity contribution in [2.45, 2.75) is 32.0 Å². The zero-order chi connectivity index (χ0) is 17.5. The smallest absolute Gasteiger partial charge is 0.262 e. The molecule has 0 spiro atoms. The Morgan fingerprint density at radius 3 is 3.12 bits per heavy atom. The first-order valence-electron chi connectivity index (χ1n) is 8.88. The van der Waals surface area contributed by atoms with Crippen molar-refractivity contribution >= 4 is 21.6 Å². The Morgan fingerprint density at radius 1 is 1.31 bits per heavy atom. The minimum atomic E-state index is -0.0620. The van der Waals surface area contributed by atoms with Gasteiger partial charge in [-0.15, -0.1) is 11.3 Å². The number of para-hydroxylation sites is 2. The molecule has 26 heavy (non-hydrogen) atoms. The summed E-state index contributed by atoms with van der Waals surface area (Å²) in [7, 11) is 0. The van der Waals surface area contributed by atoms with E-state index in [0.29, 0.717) is 19.6 Å². The molecule has 7 heteroatoms. The maximum atomic E-state index is 13.0. The van der Waals surface area contributed by atoms with Gasteiger partial charge in [-0.1, -0.05) is 12.1 Å². The summed E-state index contributed by atoms with van der Waals surface area (Å²) in [5.41, 5.74) is 1.24. The van der Waals surface area contributed by atoms with Crippen LogP contribution >= 0.6 is 11.3 Å². The molecule has 0 unspecified atom stereocenters. The number of thiophene rings is 1. The Hall–Kier alpha value is -2.38. The molecule has 0 saturated carbocycles. The van der Waals surface area contributed by atoms with Gasteiger partial charge in [0.2, 0.25) is 0 Å². The lowest BCUT2D eigenvalue weighted by Crippen LogP contribution is -2.32. The molecule has 0 aliphatic carbocycles. The van der Waals surface area contributed by atoms with Crippen LogP contribution in [0.3, 0.4) is 0 Å². The minimum Gasteiger partial charge on any atom is -0.486 e. The predicted octanol–water partition coefficient (Wildman–Crippen LogP) is 2.33. The average molecular weight is 369 g/mol. The van der Waals surface area contributed by atoms with Crippen molar-refractivity contribution < 1.29 is 9.47 Å². The second-order valence-electron chi connectivity index (χ2n) is 6.64. The number of ether oxygens (including phenoxy) is 2. The zero-order valence-corrected chi connectivity index (χ0v) is 15.1. The van der Waals surface area contributed by atoms with Gasteiger partial charge in [-0.25, -0.2) is 4.98 Å². The molecule has 0 bridgehead atoms. The molecule has 0 amide bonds. The fourth-order valence-electron chi connectivity index (χ4n) is 3.60. The van der Waals surface area contributed by atoms with Crippen LogP contribution in [0.5, 0.6) is 11.5 Å². The number of hydrogen-bond acceptors (Lipinski definition) is 6. The van der Waals surface area contributed by atoms with Crippen molar-refractivity contribution in [2.75, 3.05) is 13.2 Å². The summed E-state index contributed by atoms with van der Waals surface area (Å²) in [5, 5.41) is 4.16. The summed E-state index contributed by atoms with van der Waals surface area (Å²) in [4.78, 5) is 19.6. The van der Waals surface area contributed by atoms with Gasteiger partial charge in [0, 0.05) is 24.4 Å². The molecule has 5 rings (SSSR count). The Morgan fingerprint density at radius 2 is 2.19 bits per heavy atom. The van der Waals surface area contributed by atoms with Gasteiger partial charge in [0.25, 0.3) is 5.56 Å². The molecular formula is C19H19N3O3S. The van der Waals surface area contributed by atoms with Crippen molar-refractivity contribution in [2.24, 2.45) is 0 Å². The monoisotopic (exact) mass is 369 g/mol. The van der Waals surface area contributed by atoms with E-state index in [4.69, 9.17) is 9.47 Å². The second-order valence-corrected chi connectivity index (χ2v) is 7.72. The molecule has 1 atom stereocenters. The highest BCUT2D eigenvalue weighted by molar-refractivity contribution is 7.18. The molecule has 2 aromatic heterocycles. The highest BCUT2D eigenvalue weighted by Crippen LogP contribution is 2.32. The van der Waals surface area contributed by atoms with Crippen molar-refractivity contribution in [3.63, 3.8) is 0 Å². The fourth-order valence-corrected chi connectivity index (χ4v) is 4.75. The van der Waals surface area contributed by atoms with E-state index in [1.54, 1.807) is 22.2 Å². The third-order valence-electron chi connectivity index (χ3n) is 4.96. The highest BCUT2D eigenvalue weighted by atomic mass is 32.1. The minimum absolute atomic E-state index is 0.0616. The molecule has 2 aliphatic rings. The van der Waals surface area contributed by atoms with E-state index in [2.05, 4.69) is 10.3 Å². The van der Waals surface area contributed by atoms with Crippen molar-refractivity contribution in [1.82, 2.24) is 14.9 Å². The van der Waals surface area contributed by atoms with E-state index < -0.39 is 0 Å². The lowest BCUT2D eigenvalue weighted by atomic mass is 10.1. The van der Waals surface area contributed by atoms with E-state index in [0.717, 1.165) is 41.2 Å². The van der Waals surface area contributed by atoms with Crippen LogP contribution in [0.1, 0.15) is 16.9 Å². The van der Waals surface area contributed by atoms with Gasteiger partial charge in [0.05, 0.1) is 11.7 Å². The summed E-state index contributed by atoms with van der Waals surface area (Å²) in [6, 6.07) is 7.68. The van der Waals surface area contributed by atoms with Crippen LogP contribution in [0, 0.1) is 0 Å². The van der Waals surface area contributed by atoms with Crippen LogP contribution in [0.25, 0.3) is 10.2 Å². The van der Waals surface area contributed by atoms with Crippen LogP contribution in [0.2, 0.25) is 0 Å². The van der Waals surface area contributed by atoms with Crippen LogP contribution in [0.15, 0.2) is 35.4 Å². The Kier molecular flexibility index (Phi) is 3.90. The van der Waals surface area contributed by atoms with Gasteiger partial charge >= 0.3 is 0 Å². The summed E-state index contributed by atoms with van der Waals surface area (Å²) in [5.74, 6) is 1.55. The van der Waals surface area contributed by atoms with E-state index in [1.807, 2.05) is 24.3 Å². The maximum absolute atomic E-state index is 13.0. The van der Waals surface area contributed by atoms with Gasteiger partial charge in [0.1, 0.15) is 17.5 Å². The van der Waals surface area contributed by atoms with Crippen LogP contribution in [-0.2, 0) is 19.5 Å². The Balaban J connectivity index is 1.37. The zero-order valence-electron chi connectivity index (χ0n) is 14.2. The lowest BCUT2D eigenvalue weighted by molar-refractivity contribution is 0.0814. The molecule has 1 N–H and O–H groups in total. The number of nitrogens with zero attached hydrogens (tertiary/aromatic N) is 2. The number of nitrogens with one attached hydrogen (secondary N) is 1. The van der Waals surface area contributed by atoms with E-state index in [1.165, 1.54) is 10.4 Å². The number of aromatic nitrogens is 2.